The number of hydrogen-bond acceptors (Lipinski definition) is 4. The maximum absolute atomic E-state index is 12.3. The van der Waals surface area contributed by atoms with Crippen molar-refractivity contribution in [1.29, 1.82) is 0 Å². The van der Waals surface area contributed by atoms with E-state index in [-0.39, 0.29) is 19.1 Å². The second kappa shape index (κ2) is 6.39. The normalized spacial score (nSPS) is 12.0. The molecule has 23 heavy (non-hydrogen) atoms. The summed E-state index contributed by atoms with van der Waals surface area (Å²) in [4.78, 5) is 22.9. The molecule has 0 radical (unpaired) electrons. The van der Waals surface area contributed by atoms with Crippen molar-refractivity contribution in [3.63, 3.8) is 0 Å². The Morgan fingerprint density at radius 3 is 2.61 bits per heavy atom. The van der Waals surface area contributed by atoms with Crippen molar-refractivity contribution in [2.45, 2.75) is 12.8 Å². The molecular weight excluding hydrogens is 298 g/mol. The molecule has 2 N–H and O–H groups in total. The second-order valence-corrected chi connectivity index (χ2v) is 5.08. The van der Waals surface area contributed by atoms with E-state index in [4.69, 9.17) is 14.6 Å². The Balaban J connectivity index is 1.69. The van der Waals surface area contributed by atoms with Crippen LogP contribution in [0.15, 0.2) is 42.5 Å². The van der Waals surface area contributed by atoms with Crippen LogP contribution < -0.4 is 14.8 Å². The highest BCUT2D eigenvalue weighted by Crippen LogP contribution is 2.35. The summed E-state index contributed by atoms with van der Waals surface area (Å²) in [6.07, 6.45) is 0.542. The van der Waals surface area contributed by atoms with Gasteiger partial charge in [0.05, 0.1) is 5.56 Å². The van der Waals surface area contributed by atoms with E-state index in [2.05, 4.69) is 5.32 Å². The van der Waals surface area contributed by atoms with Gasteiger partial charge in [0.1, 0.15) is 0 Å². The van der Waals surface area contributed by atoms with Gasteiger partial charge in [0, 0.05) is 12.1 Å². The fourth-order valence-electron chi connectivity index (χ4n) is 2.31. The summed E-state index contributed by atoms with van der Waals surface area (Å²) in [6.45, 7) is 0.109. The molecule has 0 atom stereocenters. The monoisotopic (exact) mass is 313 g/mol. The van der Waals surface area contributed by atoms with Crippen LogP contribution in [0.5, 0.6) is 11.5 Å². The lowest BCUT2D eigenvalue weighted by atomic mass is 10.1. The third-order valence-corrected chi connectivity index (χ3v) is 3.48. The van der Waals surface area contributed by atoms with E-state index in [1.54, 1.807) is 42.5 Å². The molecule has 0 unspecified atom stereocenters. The molecule has 0 bridgehead atoms. The quantitative estimate of drug-likeness (QED) is 0.886. The van der Waals surface area contributed by atoms with Gasteiger partial charge in [0.2, 0.25) is 6.79 Å². The molecule has 0 fully saturated rings. The van der Waals surface area contributed by atoms with Gasteiger partial charge in [-0.3, -0.25) is 9.59 Å². The zero-order valence-electron chi connectivity index (χ0n) is 12.2. The van der Waals surface area contributed by atoms with E-state index >= 15 is 0 Å². The SMILES string of the molecule is O=C(O)CCc1ccc(NC(=O)c2cccc3c2OCO3)cc1. The summed E-state index contributed by atoms with van der Waals surface area (Å²) in [6, 6.07) is 12.2. The van der Waals surface area contributed by atoms with Crippen molar-refractivity contribution < 1.29 is 24.2 Å². The third-order valence-electron chi connectivity index (χ3n) is 3.48. The van der Waals surface area contributed by atoms with Crippen molar-refractivity contribution in [1.82, 2.24) is 0 Å². The highest BCUT2D eigenvalue weighted by molar-refractivity contribution is 6.06. The van der Waals surface area contributed by atoms with Crippen LogP contribution in [0.2, 0.25) is 0 Å². The molecule has 0 aliphatic carbocycles. The number of rotatable bonds is 5. The third kappa shape index (κ3) is 3.42. The summed E-state index contributed by atoms with van der Waals surface area (Å²) in [5, 5.41) is 11.5. The molecule has 6 heteroatoms. The van der Waals surface area contributed by atoms with E-state index in [1.807, 2.05) is 0 Å². The van der Waals surface area contributed by atoms with Gasteiger partial charge in [-0.25, -0.2) is 0 Å². The van der Waals surface area contributed by atoms with Gasteiger partial charge in [0.15, 0.2) is 11.5 Å². The molecule has 0 spiro atoms. The van der Waals surface area contributed by atoms with Crippen LogP contribution in [0.25, 0.3) is 0 Å². The Labute approximate surface area is 132 Å². The summed E-state index contributed by atoms with van der Waals surface area (Å²) >= 11 is 0. The van der Waals surface area contributed by atoms with Crippen LogP contribution in [0.4, 0.5) is 5.69 Å². The van der Waals surface area contributed by atoms with E-state index in [0.717, 1.165) is 5.56 Å². The molecule has 1 amide bonds. The molecule has 1 aliphatic rings. The predicted molar refractivity (Wildman–Crippen MR) is 82.9 cm³/mol. The molecule has 1 heterocycles. The number of aryl methyl sites for hydroxylation is 1. The molecule has 0 aromatic heterocycles. The first-order valence-electron chi connectivity index (χ1n) is 7.14. The van der Waals surface area contributed by atoms with Gasteiger partial charge in [0.25, 0.3) is 5.91 Å². The maximum atomic E-state index is 12.3. The molecule has 6 nitrogen and oxygen atoms in total. The number of aliphatic carboxylic acids is 1. The summed E-state index contributed by atoms with van der Waals surface area (Å²) in [7, 11) is 0. The van der Waals surface area contributed by atoms with Gasteiger partial charge in [-0.15, -0.1) is 0 Å². The van der Waals surface area contributed by atoms with Gasteiger partial charge < -0.3 is 19.9 Å². The smallest absolute Gasteiger partial charge is 0.303 e. The van der Waals surface area contributed by atoms with Crippen LogP contribution in [0.1, 0.15) is 22.3 Å². The largest absolute Gasteiger partial charge is 0.481 e. The number of benzene rings is 2. The number of para-hydroxylation sites is 1. The van der Waals surface area contributed by atoms with Crippen LogP contribution in [-0.2, 0) is 11.2 Å². The number of fused-ring (bicyclic) bond motifs is 1. The Morgan fingerprint density at radius 1 is 1.09 bits per heavy atom. The number of carbonyl (C=O) groups excluding carboxylic acids is 1. The average molecular weight is 313 g/mol. The highest BCUT2D eigenvalue weighted by Gasteiger charge is 2.21. The fraction of sp³-hybridized carbons (Fsp3) is 0.176. The number of carbonyl (C=O) groups is 2. The summed E-state index contributed by atoms with van der Waals surface area (Å²) in [5.74, 6) is -0.113. The molecular formula is C17H15NO5. The lowest BCUT2D eigenvalue weighted by Crippen LogP contribution is -2.12. The van der Waals surface area contributed by atoms with Gasteiger partial charge >= 0.3 is 5.97 Å². The Bertz CT molecular complexity index is 739. The van der Waals surface area contributed by atoms with E-state index in [9.17, 15) is 9.59 Å². The minimum absolute atomic E-state index is 0.0825. The Morgan fingerprint density at radius 2 is 1.87 bits per heavy atom. The van der Waals surface area contributed by atoms with Crippen LogP contribution in [0, 0.1) is 0 Å². The Hall–Kier alpha value is -3.02. The highest BCUT2D eigenvalue weighted by atomic mass is 16.7. The van der Waals surface area contributed by atoms with E-state index < -0.39 is 5.97 Å². The van der Waals surface area contributed by atoms with Crippen LogP contribution in [-0.4, -0.2) is 23.8 Å². The average Bonchev–Trinajstić information content (AvgIpc) is 3.02. The summed E-state index contributed by atoms with van der Waals surface area (Å²) in [5.41, 5.74) is 1.95. The van der Waals surface area contributed by atoms with Crippen LogP contribution >= 0.6 is 0 Å². The lowest BCUT2D eigenvalue weighted by Gasteiger charge is -2.08. The molecule has 0 saturated heterocycles. The molecule has 2 aromatic rings. The lowest BCUT2D eigenvalue weighted by molar-refractivity contribution is -0.136. The molecule has 1 aliphatic heterocycles. The second-order valence-electron chi connectivity index (χ2n) is 5.08. The van der Waals surface area contributed by atoms with Crippen molar-refractivity contribution in [3.8, 4) is 11.5 Å². The van der Waals surface area contributed by atoms with Gasteiger partial charge in [-0.1, -0.05) is 18.2 Å². The van der Waals surface area contributed by atoms with Crippen molar-refractivity contribution >= 4 is 17.6 Å². The zero-order valence-corrected chi connectivity index (χ0v) is 12.2. The van der Waals surface area contributed by atoms with E-state index in [1.165, 1.54) is 0 Å². The number of hydrogen-bond donors (Lipinski definition) is 2. The van der Waals surface area contributed by atoms with Crippen molar-refractivity contribution in [2.24, 2.45) is 0 Å². The Kier molecular flexibility index (Phi) is 4.14. The minimum atomic E-state index is -0.831. The zero-order chi connectivity index (χ0) is 16.2. The predicted octanol–water partition coefficient (Wildman–Crippen LogP) is 2.68. The molecule has 118 valence electrons. The van der Waals surface area contributed by atoms with Gasteiger partial charge in [-0.2, -0.15) is 0 Å². The number of carboxylic acids is 1. The van der Waals surface area contributed by atoms with Crippen molar-refractivity contribution in [2.75, 3.05) is 12.1 Å². The standard InChI is InChI=1S/C17H15NO5/c19-15(20)9-6-11-4-7-12(8-5-11)18-17(21)13-2-1-3-14-16(13)23-10-22-14/h1-5,7-8H,6,9-10H2,(H,18,21)(H,19,20). The molecule has 3 rings (SSSR count). The first-order chi connectivity index (χ1) is 11.1. The van der Waals surface area contributed by atoms with Gasteiger partial charge in [-0.05, 0) is 36.2 Å². The molecule has 2 aromatic carbocycles. The number of carboxylic acid groups (broad SMARTS) is 1. The maximum Gasteiger partial charge on any atom is 0.303 e. The van der Waals surface area contributed by atoms with Crippen LogP contribution in [0.3, 0.4) is 0 Å². The number of anilines is 1. The number of amides is 1. The fourth-order valence-corrected chi connectivity index (χ4v) is 2.31. The topological polar surface area (TPSA) is 84.9 Å². The van der Waals surface area contributed by atoms with Crippen molar-refractivity contribution in [3.05, 3.63) is 53.6 Å². The minimum Gasteiger partial charge on any atom is -0.481 e. The number of nitrogens with one attached hydrogen (secondary N) is 1. The first-order valence-corrected chi connectivity index (χ1v) is 7.14. The summed E-state index contributed by atoms with van der Waals surface area (Å²) < 4.78 is 10.6. The molecule has 0 saturated carbocycles. The number of ether oxygens (including phenoxy) is 2. The first kappa shape index (κ1) is 14.9. The van der Waals surface area contributed by atoms with E-state index in [0.29, 0.717) is 29.2 Å².